The van der Waals surface area contributed by atoms with Crippen LogP contribution in [0.15, 0.2) is 212 Å². The van der Waals surface area contributed by atoms with Crippen LogP contribution in [0, 0.1) is 34.6 Å². The molecular weight excluding hydrogens is 1100 g/mol. The van der Waals surface area contributed by atoms with Crippen LogP contribution in [-0.4, -0.2) is 11.3 Å². The van der Waals surface area contributed by atoms with Gasteiger partial charge in [0.05, 0.1) is 16.7 Å². The lowest BCUT2D eigenvalue weighted by Gasteiger charge is -2.45. The largest absolute Gasteiger partial charge is 0.311 e. The summed E-state index contributed by atoms with van der Waals surface area (Å²) in [6.45, 7) is 37.2. The molecule has 3 heterocycles. The maximum absolute atomic E-state index is 2.62. The lowest BCUT2D eigenvalue weighted by Crippen LogP contribution is -2.61. The van der Waals surface area contributed by atoms with Crippen LogP contribution in [0.1, 0.15) is 132 Å². The van der Waals surface area contributed by atoms with Crippen molar-refractivity contribution in [1.29, 1.82) is 0 Å². The van der Waals surface area contributed by atoms with Crippen LogP contribution in [0.2, 0.25) is 0 Å². The Morgan fingerprint density at radius 3 is 1.60 bits per heavy atom. The molecule has 4 nitrogen and oxygen atoms in total. The standard InChI is InChI=1S/C86H83BN4/c1-52-42-78-81-79(43-52)91(65-46-53(2)80(54(3)47-65)57-30-38-67-66-26-20-22-28-70(66)86(15,16)71(67)48-57)76-49-59(84(9,10)11)33-40-72(76)87(81)73-41-37-64(51-77(73)90(78)62-34-31-58(32-35-62)83(6,7)8)88(82-55(4)44-60(45-56(82)5)85(12,13)14)63-36-39-69-68-27-21-23-29-74(68)89(75(69)50-63)61-24-18-17-19-25-61/h17-51H,1-16H3. The summed E-state index contributed by atoms with van der Waals surface area (Å²) in [5.74, 6) is 0. The third-order valence-corrected chi connectivity index (χ3v) is 20.5. The summed E-state index contributed by atoms with van der Waals surface area (Å²) in [7, 11) is 0. The summed E-state index contributed by atoms with van der Waals surface area (Å²) in [6, 6.07) is 82.0. The van der Waals surface area contributed by atoms with Gasteiger partial charge in [-0.2, -0.15) is 0 Å². The third-order valence-electron chi connectivity index (χ3n) is 20.5. The predicted octanol–water partition coefficient (Wildman–Crippen LogP) is 21.7. The molecule has 0 radical (unpaired) electrons. The van der Waals surface area contributed by atoms with Crippen molar-refractivity contribution in [2.45, 2.75) is 132 Å². The number of hydrogen-bond acceptors (Lipinski definition) is 3. The smallest absolute Gasteiger partial charge is 0.252 e. The van der Waals surface area contributed by atoms with E-state index in [0.29, 0.717) is 0 Å². The Hall–Kier alpha value is -9.32. The fraction of sp³-hybridized carbons (Fsp3) is 0.233. The van der Waals surface area contributed by atoms with Gasteiger partial charge in [-0.25, -0.2) is 0 Å². The zero-order valence-corrected chi connectivity index (χ0v) is 56.1. The van der Waals surface area contributed by atoms with Crippen molar-refractivity contribution in [2.24, 2.45) is 0 Å². The molecule has 0 saturated carbocycles. The second-order valence-corrected chi connectivity index (χ2v) is 30.2. The van der Waals surface area contributed by atoms with Gasteiger partial charge in [-0.1, -0.05) is 197 Å². The fourth-order valence-electron chi connectivity index (χ4n) is 15.9. The molecule has 0 fully saturated rings. The minimum absolute atomic E-state index is 0.0178. The van der Waals surface area contributed by atoms with E-state index >= 15 is 0 Å². The molecule has 1 aromatic heterocycles. The van der Waals surface area contributed by atoms with E-state index in [1.165, 1.54) is 150 Å². The lowest BCUT2D eigenvalue weighted by atomic mass is 9.33. The summed E-state index contributed by atoms with van der Waals surface area (Å²) >= 11 is 0. The van der Waals surface area contributed by atoms with Gasteiger partial charge >= 0.3 is 0 Å². The predicted molar refractivity (Wildman–Crippen MR) is 392 cm³/mol. The molecule has 5 heteroatoms. The van der Waals surface area contributed by atoms with E-state index in [9.17, 15) is 0 Å². The van der Waals surface area contributed by atoms with Gasteiger partial charge in [0.1, 0.15) is 0 Å². The van der Waals surface area contributed by atoms with Gasteiger partial charge < -0.3 is 19.3 Å². The van der Waals surface area contributed by atoms with E-state index < -0.39 is 0 Å². The topological polar surface area (TPSA) is 14.7 Å². The average molecular weight is 1180 g/mol. The normalized spacial score (nSPS) is 14.0. The number of anilines is 9. The molecule has 0 N–H and O–H groups in total. The molecule has 91 heavy (non-hydrogen) atoms. The van der Waals surface area contributed by atoms with Gasteiger partial charge in [0.2, 0.25) is 0 Å². The van der Waals surface area contributed by atoms with E-state index in [-0.39, 0.29) is 28.4 Å². The molecular formula is C86H83BN4. The summed E-state index contributed by atoms with van der Waals surface area (Å²) in [5, 5.41) is 2.47. The quantitative estimate of drug-likeness (QED) is 0.148. The van der Waals surface area contributed by atoms with Crippen LogP contribution < -0.4 is 31.1 Å². The molecule has 0 atom stereocenters. The van der Waals surface area contributed by atoms with Crippen molar-refractivity contribution >= 4 is 96.1 Å². The van der Waals surface area contributed by atoms with Gasteiger partial charge in [-0.3, -0.25) is 0 Å². The zero-order valence-electron chi connectivity index (χ0n) is 56.1. The SMILES string of the molecule is Cc1cc2c3c(c1)N(c1cc(C)c(-c4ccc5c(c4)C(C)(C)c4ccccc4-5)c(C)c1)c1cc(C(C)(C)C)ccc1B3c1ccc(N(c3ccc4c5ccccc5n(-c5ccccc5)c4c3)c3c(C)cc(C(C)(C)C)cc3C)cc1N2c1ccc(C(C)(C)C)cc1. The zero-order chi connectivity index (χ0) is 63.5. The minimum Gasteiger partial charge on any atom is -0.311 e. The second kappa shape index (κ2) is 20.6. The molecule has 12 aromatic rings. The van der Waals surface area contributed by atoms with Gasteiger partial charge in [-0.15, -0.1) is 0 Å². The van der Waals surface area contributed by atoms with Crippen LogP contribution >= 0.6 is 0 Å². The number of para-hydroxylation sites is 2. The third kappa shape index (κ3) is 9.23. The maximum Gasteiger partial charge on any atom is 0.252 e. The maximum atomic E-state index is 2.62. The van der Waals surface area contributed by atoms with E-state index in [2.05, 4.69) is 342 Å². The van der Waals surface area contributed by atoms with Crippen LogP contribution in [0.3, 0.4) is 0 Å². The molecule has 0 spiro atoms. The first-order valence-corrected chi connectivity index (χ1v) is 32.9. The number of hydrogen-bond donors (Lipinski definition) is 0. The molecule has 3 aliphatic rings. The van der Waals surface area contributed by atoms with E-state index in [4.69, 9.17) is 0 Å². The second-order valence-electron chi connectivity index (χ2n) is 30.2. The number of rotatable bonds is 7. The lowest BCUT2D eigenvalue weighted by molar-refractivity contribution is 0.589. The molecule has 0 saturated heterocycles. The Kier molecular flexibility index (Phi) is 13.2. The summed E-state index contributed by atoms with van der Waals surface area (Å²) < 4.78 is 2.45. The van der Waals surface area contributed by atoms with Gasteiger partial charge in [0, 0.05) is 67.4 Å². The number of aryl methyl sites for hydroxylation is 5. The van der Waals surface area contributed by atoms with Crippen LogP contribution in [0.5, 0.6) is 0 Å². The number of fused-ring (bicyclic) bond motifs is 10. The molecule has 11 aromatic carbocycles. The van der Waals surface area contributed by atoms with E-state index in [1.807, 2.05) is 0 Å². The summed E-state index contributed by atoms with van der Waals surface area (Å²) in [6.07, 6.45) is 0. The van der Waals surface area contributed by atoms with Crippen molar-refractivity contribution in [3.8, 4) is 27.9 Å². The fourth-order valence-corrected chi connectivity index (χ4v) is 15.9. The first-order valence-electron chi connectivity index (χ1n) is 32.9. The highest BCUT2D eigenvalue weighted by Crippen LogP contribution is 2.53. The first kappa shape index (κ1) is 58.1. The molecule has 1 aliphatic carbocycles. The first-order chi connectivity index (χ1) is 43.3. The highest BCUT2D eigenvalue weighted by molar-refractivity contribution is 7.00. The Bertz CT molecular complexity index is 4930. The van der Waals surface area contributed by atoms with E-state index in [1.54, 1.807) is 0 Å². The van der Waals surface area contributed by atoms with Crippen molar-refractivity contribution in [2.75, 3.05) is 14.7 Å². The molecule has 15 rings (SSSR count). The Balaban J connectivity index is 0.962. The van der Waals surface area contributed by atoms with Gasteiger partial charge in [-0.05, 0) is 236 Å². The van der Waals surface area contributed by atoms with Crippen LogP contribution in [-0.2, 0) is 21.7 Å². The van der Waals surface area contributed by atoms with Gasteiger partial charge in [0.15, 0.2) is 0 Å². The summed E-state index contributed by atoms with van der Waals surface area (Å²) in [5.41, 5.74) is 36.0. The number of nitrogens with zero attached hydrogens (tertiary/aromatic N) is 4. The molecule has 0 amide bonds. The molecule has 0 bridgehead atoms. The molecule has 0 unspecified atom stereocenters. The minimum atomic E-state index is -0.0910. The van der Waals surface area contributed by atoms with E-state index in [0.717, 1.165) is 22.7 Å². The molecule has 2 aliphatic heterocycles. The highest BCUT2D eigenvalue weighted by atomic mass is 15.2. The summed E-state index contributed by atoms with van der Waals surface area (Å²) in [4.78, 5) is 7.79. The van der Waals surface area contributed by atoms with Crippen molar-refractivity contribution in [3.05, 3.63) is 268 Å². The number of benzene rings is 11. The highest BCUT2D eigenvalue weighted by Gasteiger charge is 2.45. The van der Waals surface area contributed by atoms with Crippen molar-refractivity contribution < 1.29 is 0 Å². The van der Waals surface area contributed by atoms with Crippen LogP contribution in [0.25, 0.3) is 49.7 Å². The number of aromatic nitrogens is 1. The van der Waals surface area contributed by atoms with Gasteiger partial charge in [0.25, 0.3) is 6.71 Å². The average Bonchev–Trinajstić information content (AvgIpc) is 1.50. The van der Waals surface area contributed by atoms with Crippen LogP contribution in [0.4, 0.5) is 51.2 Å². The Morgan fingerprint density at radius 2 is 0.934 bits per heavy atom. The molecule has 450 valence electrons. The van der Waals surface area contributed by atoms with Crippen molar-refractivity contribution in [1.82, 2.24) is 4.57 Å². The Labute approximate surface area is 540 Å². The van der Waals surface area contributed by atoms with Crippen molar-refractivity contribution in [3.63, 3.8) is 0 Å². The Morgan fingerprint density at radius 1 is 0.385 bits per heavy atom. The monoisotopic (exact) mass is 1180 g/mol.